The first-order chi connectivity index (χ1) is 11.7. The Hall–Kier alpha value is -1.82. The van der Waals surface area contributed by atoms with Crippen LogP contribution in [0.25, 0.3) is 0 Å². The van der Waals surface area contributed by atoms with Gasteiger partial charge in [-0.3, -0.25) is 4.99 Å². The molecule has 1 unspecified atom stereocenters. The summed E-state index contributed by atoms with van der Waals surface area (Å²) in [5.74, 6) is 1.77. The molecule has 0 spiro atoms. The Morgan fingerprint density at radius 3 is 2.92 bits per heavy atom. The third kappa shape index (κ3) is 7.64. The minimum Gasteiger partial charge on any atom is -0.489 e. The van der Waals surface area contributed by atoms with Gasteiger partial charge in [0.25, 0.3) is 0 Å². The van der Waals surface area contributed by atoms with Gasteiger partial charge in [-0.25, -0.2) is 4.39 Å². The van der Waals surface area contributed by atoms with Crippen LogP contribution in [-0.4, -0.2) is 45.4 Å². The summed E-state index contributed by atoms with van der Waals surface area (Å²) in [4.78, 5) is 4.18. The number of aliphatic imine (C=N–C) groups is 1. The quantitative estimate of drug-likeness (QED) is 0.391. The van der Waals surface area contributed by atoms with Gasteiger partial charge in [-0.05, 0) is 44.2 Å². The standard InChI is InChI=1S/C18H28FN3O2/c1-14(24-17-6-3-5-16(19)11-17)12-22-18(20-2)21-9-4-10-23-13-15-7-8-15/h3,5-6,11,14-15H,4,7-10,12-13H2,1-2H3,(H2,20,21,22). The number of nitrogens with zero attached hydrogens (tertiary/aromatic N) is 1. The summed E-state index contributed by atoms with van der Waals surface area (Å²) in [5.41, 5.74) is 0. The Kier molecular flexibility index (Phi) is 7.82. The minimum atomic E-state index is -0.297. The molecule has 1 aromatic rings. The Balaban J connectivity index is 1.56. The fraction of sp³-hybridized carbons (Fsp3) is 0.611. The maximum atomic E-state index is 13.1. The highest BCUT2D eigenvalue weighted by Gasteiger charge is 2.20. The maximum absolute atomic E-state index is 13.1. The van der Waals surface area contributed by atoms with Crippen molar-refractivity contribution in [1.29, 1.82) is 0 Å². The number of hydrogen-bond donors (Lipinski definition) is 2. The van der Waals surface area contributed by atoms with Gasteiger partial charge in [0, 0.05) is 32.9 Å². The van der Waals surface area contributed by atoms with E-state index >= 15 is 0 Å². The molecule has 0 bridgehead atoms. The van der Waals surface area contributed by atoms with E-state index in [0.717, 1.165) is 38.1 Å². The van der Waals surface area contributed by atoms with Gasteiger partial charge in [0.05, 0.1) is 6.54 Å². The van der Waals surface area contributed by atoms with E-state index in [1.54, 1.807) is 19.2 Å². The molecule has 1 aromatic carbocycles. The molecule has 1 aliphatic rings. The third-order valence-corrected chi connectivity index (χ3v) is 3.72. The summed E-state index contributed by atoms with van der Waals surface area (Å²) in [6.45, 7) is 5.00. The second kappa shape index (κ2) is 10.1. The molecule has 0 radical (unpaired) electrons. The molecule has 24 heavy (non-hydrogen) atoms. The van der Waals surface area contributed by atoms with Crippen LogP contribution in [0.15, 0.2) is 29.3 Å². The molecular formula is C18H28FN3O2. The van der Waals surface area contributed by atoms with E-state index in [1.165, 1.54) is 25.0 Å². The minimum absolute atomic E-state index is 0.104. The molecule has 134 valence electrons. The van der Waals surface area contributed by atoms with Crippen molar-refractivity contribution in [3.63, 3.8) is 0 Å². The summed E-state index contributed by atoms with van der Waals surface area (Å²) in [6.07, 6.45) is 3.49. The number of rotatable bonds is 10. The summed E-state index contributed by atoms with van der Waals surface area (Å²) >= 11 is 0. The molecule has 1 saturated carbocycles. The zero-order valence-electron chi connectivity index (χ0n) is 14.6. The predicted octanol–water partition coefficient (Wildman–Crippen LogP) is 2.57. The van der Waals surface area contributed by atoms with Crippen LogP contribution >= 0.6 is 0 Å². The second-order valence-corrected chi connectivity index (χ2v) is 6.14. The van der Waals surface area contributed by atoms with Crippen LogP contribution in [0.2, 0.25) is 0 Å². The van der Waals surface area contributed by atoms with Crippen LogP contribution in [0.1, 0.15) is 26.2 Å². The Labute approximate surface area is 143 Å². The molecular weight excluding hydrogens is 309 g/mol. The first-order valence-corrected chi connectivity index (χ1v) is 8.62. The van der Waals surface area contributed by atoms with Crippen molar-refractivity contribution in [3.05, 3.63) is 30.1 Å². The SMILES string of the molecule is CN=C(NCCCOCC1CC1)NCC(C)Oc1cccc(F)c1. The van der Waals surface area contributed by atoms with Crippen molar-refractivity contribution in [2.45, 2.75) is 32.3 Å². The highest BCUT2D eigenvalue weighted by Crippen LogP contribution is 2.28. The second-order valence-electron chi connectivity index (χ2n) is 6.14. The lowest BCUT2D eigenvalue weighted by Crippen LogP contribution is -2.42. The molecule has 2 N–H and O–H groups in total. The summed E-state index contributed by atoms with van der Waals surface area (Å²) in [6, 6.07) is 6.16. The van der Waals surface area contributed by atoms with Gasteiger partial charge < -0.3 is 20.1 Å². The molecule has 0 aliphatic heterocycles. The van der Waals surface area contributed by atoms with Gasteiger partial charge in [0.1, 0.15) is 17.7 Å². The van der Waals surface area contributed by atoms with Crippen LogP contribution in [0.5, 0.6) is 5.75 Å². The number of halogens is 1. The summed E-state index contributed by atoms with van der Waals surface area (Å²) in [5, 5.41) is 6.45. The molecule has 1 atom stereocenters. The van der Waals surface area contributed by atoms with E-state index in [1.807, 2.05) is 6.92 Å². The Morgan fingerprint density at radius 2 is 2.21 bits per heavy atom. The zero-order chi connectivity index (χ0) is 17.2. The lowest BCUT2D eigenvalue weighted by atomic mass is 10.3. The summed E-state index contributed by atoms with van der Waals surface area (Å²) in [7, 11) is 1.73. The first kappa shape index (κ1) is 18.5. The van der Waals surface area contributed by atoms with Crippen molar-refractivity contribution < 1.29 is 13.9 Å². The average molecular weight is 337 g/mol. The highest BCUT2D eigenvalue weighted by molar-refractivity contribution is 5.79. The van der Waals surface area contributed by atoms with Crippen molar-refractivity contribution in [1.82, 2.24) is 10.6 Å². The van der Waals surface area contributed by atoms with Crippen LogP contribution < -0.4 is 15.4 Å². The fourth-order valence-corrected chi connectivity index (χ4v) is 2.19. The van der Waals surface area contributed by atoms with E-state index < -0.39 is 0 Å². The molecule has 6 heteroatoms. The highest BCUT2D eigenvalue weighted by atomic mass is 19.1. The molecule has 0 saturated heterocycles. The molecule has 0 heterocycles. The number of ether oxygens (including phenoxy) is 2. The van der Waals surface area contributed by atoms with Crippen LogP contribution in [-0.2, 0) is 4.74 Å². The Morgan fingerprint density at radius 1 is 1.38 bits per heavy atom. The summed E-state index contributed by atoms with van der Waals surface area (Å²) < 4.78 is 24.4. The van der Waals surface area contributed by atoms with E-state index in [4.69, 9.17) is 9.47 Å². The van der Waals surface area contributed by atoms with Crippen LogP contribution in [0, 0.1) is 11.7 Å². The average Bonchev–Trinajstić information content (AvgIpc) is 3.37. The largest absolute Gasteiger partial charge is 0.489 e. The lowest BCUT2D eigenvalue weighted by molar-refractivity contribution is 0.123. The van der Waals surface area contributed by atoms with E-state index in [0.29, 0.717) is 12.3 Å². The number of guanidine groups is 1. The van der Waals surface area contributed by atoms with Crippen molar-refractivity contribution >= 4 is 5.96 Å². The number of nitrogens with one attached hydrogen (secondary N) is 2. The molecule has 1 aliphatic carbocycles. The van der Waals surface area contributed by atoms with Gasteiger partial charge >= 0.3 is 0 Å². The molecule has 0 amide bonds. The predicted molar refractivity (Wildman–Crippen MR) is 94.0 cm³/mol. The van der Waals surface area contributed by atoms with Gasteiger partial charge in [-0.2, -0.15) is 0 Å². The third-order valence-electron chi connectivity index (χ3n) is 3.72. The lowest BCUT2D eigenvalue weighted by Gasteiger charge is -2.17. The van der Waals surface area contributed by atoms with E-state index in [-0.39, 0.29) is 11.9 Å². The maximum Gasteiger partial charge on any atom is 0.191 e. The van der Waals surface area contributed by atoms with Gasteiger partial charge in [0.15, 0.2) is 5.96 Å². The normalized spacial score (nSPS) is 15.9. The van der Waals surface area contributed by atoms with Crippen molar-refractivity contribution in [2.75, 3.05) is 33.4 Å². The topological polar surface area (TPSA) is 54.9 Å². The van der Waals surface area contributed by atoms with Crippen molar-refractivity contribution in [3.8, 4) is 5.75 Å². The van der Waals surface area contributed by atoms with E-state index in [9.17, 15) is 4.39 Å². The Bertz CT molecular complexity index is 521. The molecule has 2 rings (SSSR count). The first-order valence-electron chi connectivity index (χ1n) is 8.62. The monoisotopic (exact) mass is 337 g/mol. The molecule has 0 aromatic heterocycles. The van der Waals surface area contributed by atoms with Crippen LogP contribution in [0.3, 0.4) is 0 Å². The molecule has 5 nitrogen and oxygen atoms in total. The smallest absolute Gasteiger partial charge is 0.191 e. The number of hydrogen-bond acceptors (Lipinski definition) is 3. The van der Waals surface area contributed by atoms with E-state index in [2.05, 4.69) is 15.6 Å². The zero-order valence-corrected chi connectivity index (χ0v) is 14.6. The van der Waals surface area contributed by atoms with Gasteiger partial charge in [0.2, 0.25) is 0 Å². The number of benzene rings is 1. The van der Waals surface area contributed by atoms with Gasteiger partial charge in [-0.1, -0.05) is 6.07 Å². The van der Waals surface area contributed by atoms with Gasteiger partial charge in [-0.15, -0.1) is 0 Å². The van der Waals surface area contributed by atoms with Crippen molar-refractivity contribution in [2.24, 2.45) is 10.9 Å². The fourth-order valence-electron chi connectivity index (χ4n) is 2.19. The molecule has 1 fully saturated rings. The van der Waals surface area contributed by atoms with Crippen LogP contribution in [0.4, 0.5) is 4.39 Å².